The van der Waals surface area contributed by atoms with Gasteiger partial charge in [-0.05, 0) is 49.2 Å². The molecule has 3 rings (SSSR count). The predicted molar refractivity (Wildman–Crippen MR) is 139 cm³/mol. The summed E-state index contributed by atoms with van der Waals surface area (Å²) in [5.41, 5.74) is 1.99. The van der Waals surface area contributed by atoms with E-state index < -0.39 is 6.04 Å². The molecule has 4 nitrogen and oxygen atoms in total. The average molecular weight is 526 g/mol. The summed E-state index contributed by atoms with van der Waals surface area (Å²) in [6.07, 6.45) is 0.454. The first kappa shape index (κ1) is 25.1. The quantitative estimate of drug-likeness (QED) is 0.345. The zero-order valence-corrected chi connectivity index (χ0v) is 21.3. The van der Waals surface area contributed by atoms with Crippen LogP contribution in [0.2, 0.25) is 0 Å². The zero-order valence-electron chi connectivity index (χ0n) is 18.9. The maximum absolute atomic E-state index is 13.5. The minimum Gasteiger partial charge on any atom is -0.352 e. The Balaban J connectivity index is 1.90. The number of hydrogen-bond acceptors (Lipinski definition) is 3. The molecule has 0 saturated heterocycles. The number of carbonyl (C=O) groups excluding carboxylic acids is 2. The number of hydrogen-bond donors (Lipinski definition) is 1. The van der Waals surface area contributed by atoms with Gasteiger partial charge in [0, 0.05) is 28.4 Å². The van der Waals surface area contributed by atoms with Gasteiger partial charge in [-0.15, -0.1) is 11.8 Å². The molecule has 0 aliphatic carbocycles. The molecule has 0 aliphatic heterocycles. The van der Waals surface area contributed by atoms with Crippen molar-refractivity contribution in [3.63, 3.8) is 0 Å². The van der Waals surface area contributed by atoms with Crippen LogP contribution < -0.4 is 5.32 Å². The molecule has 0 unspecified atom stereocenters. The van der Waals surface area contributed by atoms with E-state index >= 15 is 0 Å². The molecule has 1 N–H and O–H groups in total. The first-order valence-electron chi connectivity index (χ1n) is 11.0. The predicted octanol–water partition coefficient (Wildman–Crippen LogP) is 5.71. The number of thioether (sulfide) groups is 1. The Bertz CT molecular complexity index is 1040. The molecule has 33 heavy (non-hydrogen) atoms. The van der Waals surface area contributed by atoms with Crippen LogP contribution in [0.5, 0.6) is 0 Å². The van der Waals surface area contributed by atoms with E-state index in [2.05, 4.69) is 21.2 Å². The molecule has 0 fully saturated rings. The lowest BCUT2D eigenvalue weighted by atomic mass is 10.0. The second-order valence-electron chi connectivity index (χ2n) is 8.12. The Hall–Kier alpha value is -2.57. The minimum atomic E-state index is -0.613. The summed E-state index contributed by atoms with van der Waals surface area (Å²) >= 11 is 5.00. The van der Waals surface area contributed by atoms with Crippen molar-refractivity contribution in [1.29, 1.82) is 0 Å². The van der Waals surface area contributed by atoms with Gasteiger partial charge in [0.25, 0.3) is 0 Å². The molecule has 1 atom stereocenters. The first-order chi connectivity index (χ1) is 15.9. The van der Waals surface area contributed by atoms with Gasteiger partial charge in [0.2, 0.25) is 11.8 Å². The number of halogens is 1. The summed E-state index contributed by atoms with van der Waals surface area (Å²) in [4.78, 5) is 29.6. The van der Waals surface area contributed by atoms with Gasteiger partial charge in [-0.25, -0.2) is 0 Å². The van der Waals surface area contributed by atoms with Crippen molar-refractivity contribution >= 4 is 39.5 Å². The smallest absolute Gasteiger partial charge is 0.243 e. The molecule has 0 radical (unpaired) electrons. The van der Waals surface area contributed by atoms with E-state index in [1.54, 1.807) is 4.90 Å². The van der Waals surface area contributed by atoms with E-state index in [1.807, 2.05) is 98.8 Å². The number of benzene rings is 3. The zero-order chi connectivity index (χ0) is 23.6. The number of carbonyl (C=O) groups is 2. The third-order valence-electron chi connectivity index (χ3n) is 5.05. The minimum absolute atomic E-state index is 0.0164. The molecule has 0 spiro atoms. The Labute approximate surface area is 208 Å². The highest BCUT2D eigenvalue weighted by Gasteiger charge is 2.30. The van der Waals surface area contributed by atoms with Crippen LogP contribution in [-0.4, -0.2) is 34.6 Å². The van der Waals surface area contributed by atoms with Crippen LogP contribution in [0.4, 0.5) is 0 Å². The fourth-order valence-electron chi connectivity index (χ4n) is 3.51. The van der Waals surface area contributed by atoms with Gasteiger partial charge in [0.05, 0.1) is 5.75 Å². The molecule has 0 saturated carbocycles. The fraction of sp³-hybridized carbons (Fsp3) is 0.259. The van der Waals surface area contributed by atoms with Gasteiger partial charge in [-0.2, -0.15) is 0 Å². The van der Waals surface area contributed by atoms with E-state index in [0.29, 0.717) is 13.0 Å². The van der Waals surface area contributed by atoms with E-state index in [-0.39, 0.29) is 23.6 Å². The summed E-state index contributed by atoms with van der Waals surface area (Å²) in [5.74, 6) is 0.0590. The molecule has 172 valence electrons. The lowest BCUT2D eigenvalue weighted by Crippen LogP contribution is -2.52. The van der Waals surface area contributed by atoms with Crippen molar-refractivity contribution < 1.29 is 9.59 Å². The second kappa shape index (κ2) is 12.6. The molecule has 0 aliphatic rings. The van der Waals surface area contributed by atoms with Crippen molar-refractivity contribution in [3.8, 4) is 0 Å². The monoisotopic (exact) mass is 524 g/mol. The number of rotatable bonds is 10. The van der Waals surface area contributed by atoms with Crippen LogP contribution in [0.25, 0.3) is 0 Å². The van der Waals surface area contributed by atoms with Crippen molar-refractivity contribution in [2.75, 3.05) is 5.75 Å². The first-order valence-corrected chi connectivity index (χ1v) is 12.8. The molecule has 0 heterocycles. The highest BCUT2D eigenvalue weighted by molar-refractivity contribution is 9.10. The van der Waals surface area contributed by atoms with Crippen LogP contribution >= 0.6 is 27.7 Å². The van der Waals surface area contributed by atoms with Crippen LogP contribution in [-0.2, 0) is 22.6 Å². The summed E-state index contributed by atoms with van der Waals surface area (Å²) in [6.45, 7) is 4.23. The lowest BCUT2D eigenvalue weighted by molar-refractivity contribution is -0.139. The summed E-state index contributed by atoms with van der Waals surface area (Å²) in [6, 6.07) is 27.0. The Morgan fingerprint density at radius 2 is 1.55 bits per heavy atom. The molecule has 0 aromatic heterocycles. The highest BCUT2D eigenvalue weighted by atomic mass is 79.9. The van der Waals surface area contributed by atoms with E-state index in [9.17, 15) is 9.59 Å². The Morgan fingerprint density at radius 1 is 0.909 bits per heavy atom. The maximum atomic E-state index is 13.5. The molecular formula is C27H29BrN2O2S. The highest BCUT2D eigenvalue weighted by Crippen LogP contribution is 2.22. The Morgan fingerprint density at radius 3 is 2.18 bits per heavy atom. The van der Waals surface area contributed by atoms with Crippen LogP contribution in [0.3, 0.4) is 0 Å². The van der Waals surface area contributed by atoms with Gasteiger partial charge in [0.15, 0.2) is 0 Å². The van der Waals surface area contributed by atoms with E-state index in [1.165, 1.54) is 11.8 Å². The topological polar surface area (TPSA) is 49.4 Å². The van der Waals surface area contributed by atoms with Crippen molar-refractivity contribution in [3.05, 3.63) is 101 Å². The second-order valence-corrected chi connectivity index (χ2v) is 10.1. The largest absolute Gasteiger partial charge is 0.352 e. The summed E-state index contributed by atoms with van der Waals surface area (Å²) < 4.78 is 0.942. The third-order valence-corrected chi connectivity index (χ3v) is 6.54. The van der Waals surface area contributed by atoms with E-state index in [4.69, 9.17) is 0 Å². The van der Waals surface area contributed by atoms with Crippen LogP contribution in [0, 0.1) is 0 Å². The maximum Gasteiger partial charge on any atom is 0.243 e. The molecule has 3 aromatic rings. The standard InChI is InChI=1S/C27H29BrN2O2S/c1-20(2)29-27(32)25(17-21-10-5-3-6-11-21)30(18-22-12-9-13-23(28)16-22)26(31)19-33-24-14-7-4-8-15-24/h3-16,20,25H,17-19H2,1-2H3,(H,29,32)/t25-/m0/s1. The number of nitrogens with one attached hydrogen (secondary N) is 1. The Kier molecular flexibility index (Phi) is 9.58. The molecule has 6 heteroatoms. The SMILES string of the molecule is CC(C)NC(=O)[C@H](Cc1ccccc1)N(Cc1cccc(Br)c1)C(=O)CSc1ccccc1. The summed E-state index contributed by atoms with van der Waals surface area (Å²) in [5, 5.41) is 3.02. The van der Waals surface area contributed by atoms with Crippen molar-refractivity contribution in [2.24, 2.45) is 0 Å². The number of amides is 2. The normalized spacial score (nSPS) is 11.8. The van der Waals surface area contributed by atoms with Gasteiger partial charge in [0.1, 0.15) is 6.04 Å². The third kappa shape index (κ3) is 8.06. The molecule has 0 bridgehead atoms. The van der Waals surface area contributed by atoms with Crippen LogP contribution in [0.1, 0.15) is 25.0 Å². The van der Waals surface area contributed by atoms with Gasteiger partial charge in [-0.1, -0.05) is 76.6 Å². The molecule has 2 amide bonds. The fourth-order valence-corrected chi connectivity index (χ4v) is 4.76. The average Bonchev–Trinajstić information content (AvgIpc) is 2.80. The summed E-state index contributed by atoms with van der Waals surface area (Å²) in [7, 11) is 0. The lowest BCUT2D eigenvalue weighted by Gasteiger charge is -2.32. The van der Waals surface area contributed by atoms with Gasteiger partial charge >= 0.3 is 0 Å². The van der Waals surface area contributed by atoms with Gasteiger partial charge < -0.3 is 10.2 Å². The number of nitrogens with zero attached hydrogens (tertiary/aromatic N) is 1. The molecule has 3 aromatic carbocycles. The molecular weight excluding hydrogens is 496 g/mol. The van der Waals surface area contributed by atoms with E-state index in [0.717, 1.165) is 20.5 Å². The van der Waals surface area contributed by atoms with Crippen LogP contribution in [0.15, 0.2) is 94.3 Å². The van der Waals surface area contributed by atoms with Gasteiger partial charge in [-0.3, -0.25) is 9.59 Å². The van der Waals surface area contributed by atoms with Crippen molar-refractivity contribution in [1.82, 2.24) is 10.2 Å². The van der Waals surface area contributed by atoms with Crippen molar-refractivity contribution in [2.45, 2.75) is 43.8 Å².